The molecule has 2 saturated carbocycles. The number of thiocarbonyl (C=S) groups is 1. The summed E-state index contributed by atoms with van der Waals surface area (Å²) in [4.78, 5) is 0. The number of hydrogen-bond acceptors (Lipinski definition) is 1. The third kappa shape index (κ3) is 3.82. The molecule has 0 amide bonds. The standard InChI is InChI=1S/C16H20Cl2N2S/c17-13-4-3-11(14(18)9-13)5-6-19-16(21)20-15-8-10-1-2-12(15)7-10/h3-4,9-10,12,15H,1-2,5-8H2,(H2,19,20,21)/t10-,12+,15-/m0/s1. The van der Waals surface area contributed by atoms with Crippen LogP contribution in [0.25, 0.3) is 0 Å². The van der Waals surface area contributed by atoms with Crippen molar-refractivity contribution >= 4 is 40.5 Å². The van der Waals surface area contributed by atoms with Crippen molar-refractivity contribution in [2.24, 2.45) is 11.8 Å². The molecule has 0 heterocycles. The van der Waals surface area contributed by atoms with Crippen LogP contribution in [-0.2, 0) is 6.42 Å². The Kier molecular flexibility index (Phi) is 4.92. The normalized spacial score (nSPS) is 26.9. The average Bonchev–Trinajstić information content (AvgIpc) is 3.03. The van der Waals surface area contributed by atoms with Gasteiger partial charge in [0.25, 0.3) is 0 Å². The number of fused-ring (bicyclic) bond motifs is 2. The van der Waals surface area contributed by atoms with Crippen molar-refractivity contribution in [1.29, 1.82) is 0 Å². The lowest BCUT2D eigenvalue weighted by Gasteiger charge is -2.24. The molecule has 2 nitrogen and oxygen atoms in total. The Bertz CT molecular complexity index is 535. The second-order valence-electron chi connectivity index (χ2n) is 6.17. The topological polar surface area (TPSA) is 24.1 Å². The predicted octanol–water partition coefficient (Wildman–Crippen LogP) is 4.19. The van der Waals surface area contributed by atoms with E-state index in [2.05, 4.69) is 10.6 Å². The Labute approximate surface area is 141 Å². The fraction of sp³-hybridized carbons (Fsp3) is 0.562. The largest absolute Gasteiger partial charge is 0.362 e. The van der Waals surface area contributed by atoms with Crippen LogP contribution in [0.4, 0.5) is 0 Å². The summed E-state index contributed by atoms with van der Waals surface area (Å²) in [5, 5.41) is 8.94. The quantitative estimate of drug-likeness (QED) is 0.802. The van der Waals surface area contributed by atoms with Crippen molar-refractivity contribution in [2.75, 3.05) is 6.54 Å². The predicted molar refractivity (Wildman–Crippen MR) is 93.1 cm³/mol. The van der Waals surface area contributed by atoms with Gasteiger partial charge in [-0.3, -0.25) is 0 Å². The van der Waals surface area contributed by atoms with E-state index in [9.17, 15) is 0 Å². The molecule has 2 aliphatic carbocycles. The summed E-state index contributed by atoms with van der Waals surface area (Å²) in [6.45, 7) is 0.786. The highest BCUT2D eigenvalue weighted by atomic mass is 35.5. The van der Waals surface area contributed by atoms with Gasteiger partial charge in [-0.1, -0.05) is 35.7 Å². The molecule has 0 spiro atoms. The highest BCUT2D eigenvalue weighted by Crippen LogP contribution is 2.44. The first-order chi connectivity index (χ1) is 10.1. The Morgan fingerprint density at radius 1 is 1.24 bits per heavy atom. The van der Waals surface area contributed by atoms with Gasteiger partial charge >= 0.3 is 0 Å². The second kappa shape index (κ2) is 6.72. The maximum Gasteiger partial charge on any atom is 0.166 e. The molecule has 2 fully saturated rings. The first-order valence-electron chi connectivity index (χ1n) is 7.60. The van der Waals surface area contributed by atoms with Gasteiger partial charge in [-0.2, -0.15) is 0 Å². The highest BCUT2D eigenvalue weighted by molar-refractivity contribution is 7.80. The average molecular weight is 343 g/mol. The maximum absolute atomic E-state index is 6.16. The van der Waals surface area contributed by atoms with Crippen molar-refractivity contribution in [1.82, 2.24) is 10.6 Å². The SMILES string of the molecule is S=C(NCCc1ccc(Cl)cc1Cl)N[C@H]1C[C@H]2CC[C@@H]1C2. The molecule has 3 atom stereocenters. The van der Waals surface area contributed by atoms with Gasteiger partial charge in [0, 0.05) is 22.6 Å². The van der Waals surface area contributed by atoms with E-state index < -0.39 is 0 Å². The molecule has 5 heteroatoms. The van der Waals surface area contributed by atoms with E-state index in [-0.39, 0.29) is 0 Å². The molecular weight excluding hydrogens is 323 g/mol. The summed E-state index contributed by atoms with van der Waals surface area (Å²) >= 11 is 17.5. The minimum atomic E-state index is 0.586. The lowest BCUT2D eigenvalue weighted by molar-refractivity contribution is 0.389. The van der Waals surface area contributed by atoms with Crippen LogP contribution in [0.3, 0.4) is 0 Å². The maximum atomic E-state index is 6.16. The molecule has 21 heavy (non-hydrogen) atoms. The minimum Gasteiger partial charge on any atom is -0.362 e. The van der Waals surface area contributed by atoms with Gasteiger partial charge in [0.1, 0.15) is 0 Å². The summed E-state index contributed by atoms with van der Waals surface area (Å²) in [7, 11) is 0. The van der Waals surface area contributed by atoms with Gasteiger partial charge in [-0.05, 0) is 67.4 Å². The van der Waals surface area contributed by atoms with Gasteiger partial charge in [-0.25, -0.2) is 0 Å². The van der Waals surface area contributed by atoms with E-state index in [0.717, 1.165) is 40.5 Å². The van der Waals surface area contributed by atoms with E-state index >= 15 is 0 Å². The van der Waals surface area contributed by atoms with Crippen LogP contribution >= 0.6 is 35.4 Å². The molecule has 0 aliphatic heterocycles. The summed E-state index contributed by atoms with van der Waals surface area (Å²) < 4.78 is 0. The van der Waals surface area contributed by atoms with Crippen LogP contribution in [0.5, 0.6) is 0 Å². The van der Waals surface area contributed by atoms with Crippen molar-refractivity contribution in [2.45, 2.75) is 38.1 Å². The molecule has 1 aromatic rings. The monoisotopic (exact) mass is 342 g/mol. The zero-order chi connectivity index (χ0) is 14.8. The Morgan fingerprint density at radius 2 is 2.10 bits per heavy atom. The van der Waals surface area contributed by atoms with Crippen LogP contribution < -0.4 is 10.6 Å². The number of rotatable bonds is 4. The fourth-order valence-electron chi connectivity index (χ4n) is 3.68. The molecular formula is C16H20Cl2N2S. The molecule has 2 aliphatic rings. The van der Waals surface area contributed by atoms with Gasteiger partial charge < -0.3 is 10.6 Å². The van der Waals surface area contributed by atoms with Gasteiger partial charge in [0.05, 0.1) is 0 Å². The third-order valence-electron chi connectivity index (χ3n) is 4.75. The van der Waals surface area contributed by atoms with E-state index in [1.54, 1.807) is 6.07 Å². The molecule has 1 aromatic carbocycles. The smallest absolute Gasteiger partial charge is 0.166 e. The molecule has 2 bridgehead atoms. The molecule has 3 rings (SSSR count). The van der Waals surface area contributed by atoms with Crippen molar-refractivity contribution in [3.63, 3.8) is 0 Å². The van der Waals surface area contributed by atoms with Crippen molar-refractivity contribution in [3.8, 4) is 0 Å². The summed E-state index contributed by atoms with van der Waals surface area (Å²) in [5.41, 5.74) is 1.09. The highest BCUT2D eigenvalue weighted by Gasteiger charge is 2.39. The van der Waals surface area contributed by atoms with Gasteiger partial charge in [0.2, 0.25) is 0 Å². The third-order valence-corrected chi connectivity index (χ3v) is 5.60. The number of halogens is 2. The van der Waals surface area contributed by atoms with E-state index in [0.29, 0.717) is 11.1 Å². The molecule has 0 aromatic heterocycles. The molecule has 0 radical (unpaired) electrons. The lowest BCUT2D eigenvalue weighted by Crippen LogP contribution is -2.44. The zero-order valence-electron chi connectivity index (χ0n) is 11.9. The number of hydrogen-bond donors (Lipinski definition) is 2. The Hall–Kier alpha value is -0.510. The number of benzene rings is 1. The molecule has 0 unspecified atom stereocenters. The van der Waals surface area contributed by atoms with Gasteiger partial charge in [-0.15, -0.1) is 0 Å². The molecule has 2 N–H and O–H groups in total. The summed E-state index contributed by atoms with van der Waals surface area (Å²) in [6, 6.07) is 6.21. The summed E-state index contributed by atoms with van der Waals surface area (Å²) in [6.07, 6.45) is 6.30. The first-order valence-corrected chi connectivity index (χ1v) is 8.76. The van der Waals surface area contributed by atoms with E-state index in [4.69, 9.17) is 35.4 Å². The van der Waals surface area contributed by atoms with Crippen LogP contribution in [0.2, 0.25) is 10.0 Å². The lowest BCUT2D eigenvalue weighted by atomic mass is 9.96. The van der Waals surface area contributed by atoms with Crippen LogP contribution in [0, 0.1) is 11.8 Å². The van der Waals surface area contributed by atoms with Crippen LogP contribution in [-0.4, -0.2) is 17.7 Å². The fourth-order valence-corrected chi connectivity index (χ4v) is 4.43. The minimum absolute atomic E-state index is 0.586. The molecule has 114 valence electrons. The first kappa shape index (κ1) is 15.4. The Balaban J connectivity index is 1.42. The van der Waals surface area contributed by atoms with E-state index in [1.165, 1.54) is 25.7 Å². The van der Waals surface area contributed by atoms with Crippen LogP contribution in [0.1, 0.15) is 31.2 Å². The second-order valence-corrected chi connectivity index (χ2v) is 7.42. The molecule has 0 saturated heterocycles. The van der Waals surface area contributed by atoms with Crippen molar-refractivity contribution < 1.29 is 0 Å². The van der Waals surface area contributed by atoms with Crippen molar-refractivity contribution in [3.05, 3.63) is 33.8 Å². The van der Waals surface area contributed by atoms with Crippen LogP contribution in [0.15, 0.2) is 18.2 Å². The van der Waals surface area contributed by atoms with E-state index in [1.807, 2.05) is 12.1 Å². The Morgan fingerprint density at radius 3 is 2.76 bits per heavy atom. The summed E-state index contributed by atoms with van der Waals surface area (Å²) in [5.74, 6) is 1.77. The number of nitrogens with one attached hydrogen (secondary N) is 2. The van der Waals surface area contributed by atoms with Gasteiger partial charge in [0.15, 0.2) is 5.11 Å². The zero-order valence-corrected chi connectivity index (χ0v) is 14.2.